The van der Waals surface area contributed by atoms with Gasteiger partial charge in [0.1, 0.15) is 23.3 Å². The number of carbonyl (C=O) groups excluding carboxylic acids is 2. The summed E-state index contributed by atoms with van der Waals surface area (Å²) in [6.07, 6.45) is 0. The monoisotopic (exact) mass is 350 g/mol. The summed E-state index contributed by atoms with van der Waals surface area (Å²) in [5, 5.41) is 21.5. The van der Waals surface area contributed by atoms with Crippen LogP contribution in [0.5, 0.6) is 0 Å². The van der Waals surface area contributed by atoms with Gasteiger partial charge in [-0.3, -0.25) is 0 Å². The zero-order chi connectivity index (χ0) is 19.6. The minimum atomic E-state index is -1.13. The second kappa shape index (κ2) is 7.50. The van der Waals surface area contributed by atoms with Crippen LogP contribution >= 0.6 is 0 Å². The van der Waals surface area contributed by atoms with E-state index in [1.807, 2.05) is 44.0 Å². The number of carbonyl (C=O) groups is 2. The van der Waals surface area contributed by atoms with E-state index in [4.69, 9.17) is 0 Å². The third kappa shape index (κ3) is 3.57. The molecule has 0 bridgehead atoms. The molecule has 0 spiro atoms. The Labute approximate surface area is 147 Å². The molecule has 8 heteroatoms. The van der Waals surface area contributed by atoms with Gasteiger partial charge in [-0.2, -0.15) is 0 Å². The summed E-state index contributed by atoms with van der Waals surface area (Å²) >= 11 is 0. The lowest BCUT2D eigenvalue weighted by Gasteiger charge is -2.00. The highest BCUT2D eigenvalue weighted by Gasteiger charge is 2.22. The highest BCUT2D eigenvalue weighted by Crippen LogP contribution is 2.05. The first-order valence-corrected chi connectivity index (χ1v) is 7.97. The van der Waals surface area contributed by atoms with E-state index < -0.39 is 11.9 Å². The molecule has 0 aliphatic carbocycles. The number of aromatic nitrogens is 4. The van der Waals surface area contributed by atoms with E-state index in [9.17, 15) is 19.8 Å². The number of carboxylic acid groups (broad SMARTS) is 2. The minimum Gasteiger partial charge on any atom is -0.541 e. The molecule has 0 aliphatic heterocycles. The Morgan fingerprint density at radius 2 is 1.28 bits per heavy atom. The topological polar surface area (TPSA) is 97.9 Å². The molecular formula is C17H26N4O4. The quantitative estimate of drug-likeness (QED) is 0.607. The van der Waals surface area contributed by atoms with Crippen molar-refractivity contribution in [2.45, 2.75) is 41.2 Å². The highest BCUT2D eigenvalue weighted by molar-refractivity contribution is 5.83. The third-order valence-corrected chi connectivity index (χ3v) is 4.85. The van der Waals surface area contributed by atoms with Crippen LogP contribution in [0.2, 0.25) is 0 Å². The molecule has 0 unspecified atom stereocenters. The summed E-state index contributed by atoms with van der Waals surface area (Å²) in [6, 6.07) is 0. The predicted octanol–water partition coefficient (Wildman–Crippen LogP) is -1.86. The van der Waals surface area contributed by atoms with Gasteiger partial charge in [-0.15, -0.1) is 0 Å². The number of carboxylic acids is 2. The van der Waals surface area contributed by atoms with Crippen LogP contribution in [0.3, 0.4) is 0 Å². The van der Waals surface area contributed by atoms with Gasteiger partial charge in [-0.05, 0) is 6.92 Å². The summed E-state index contributed by atoms with van der Waals surface area (Å²) in [5.74, 6) is -0.410. The summed E-state index contributed by atoms with van der Waals surface area (Å²) in [5.41, 5.74) is 1.98. The Balaban J connectivity index is 0.000000251. The molecule has 2 heterocycles. The van der Waals surface area contributed by atoms with Crippen molar-refractivity contribution in [1.29, 1.82) is 0 Å². The Morgan fingerprint density at radius 1 is 0.880 bits per heavy atom. The fourth-order valence-corrected chi connectivity index (χ4v) is 2.90. The van der Waals surface area contributed by atoms with E-state index in [1.165, 1.54) is 0 Å². The van der Waals surface area contributed by atoms with Crippen LogP contribution in [0.1, 0.15) is 50.9 Å². The molecule has 0 aromatic carbocycles. The van der Waals surface area contributed by atoms with E-state index in [1.54, 1.807) is 30.0 Å². The molecule has 0 saturated carbocycles. The molecule has 0 radical (unpaired) electrons. The van der Waals surface area contributed by atoms with Gasteiger partial charge in [0.2, 0.25) is 0 Å². The van der Waals surface area contributed by atoms with E-state index in [0.29, 0.717) is 6.54 Å². The van der Waals surface area contributed by atoms with Crippen molar-refractivity contribution in [3.05, 3.63) is 34.4 Å². The maximum Gasteiger partial charge on any atom is 0.253 e. The van der Waals surface area contributed by atoms with Gasteiger partial charge < -0.3 is 19.8 Å². The molecule has 0 fully saturated rings. The maximum atomic E-state index is 10.8. The van der Waals surface area contributed by atoms with Gasteiger partial charge in [0, 0.05) is 27.7 Å². The lowest BCUT2D eigenvalue weighted by Crippen LogP contribution is -2.44. The number of hydrogen-bond donors (Lipinski definition) is 0. The Morgan fingerprint density at radius 3 is 1.52 bits per heavy atom. The first-order valence-electron chi connectivity index (χ1n) is 7.97. The number of rotatable bonds is 3. The molecule has 0 N–H and O–H groups in total. The summed E-state index contributed by atoms with van der Waals surface area (Å²) in [4.78, 5) is 21.5. The predicted molar refractivity (Wildman–Crippen MR) is 85.5 cm³/mol. The highest BCUT2D eigenvalue weighted by atomic mass is 16.4. The first kappa shape index (κ1) is 20.4. The molecule has 2 aromatic heterocycles. The second-order valence-electron chi connectivity index (χ2n) is 5.96. The first-order chi connectivity index (χ1) is 11.5. The van der Waals surface area contributed by atoms with Crippen LogP contribution in [-0.4, -0.2) is 21.1 Å². The fraction of sp³-hybridized carbons (Fsp3) is 0.529. The number of imidazole rings is 2. The van der Waals surface area contributed by atoms with Crippen LogP contribution in [-0.2, 0) is 27.7 Å². The van der Waals surface area contributed by atoms with Crippen molar-refractivity contribution in [2.75, 3.05) is 0 Å². The molecule has 0 amide bonds. The second-order valence-corrected chi connectivity index (χ2v) is 5.96. The molecule has 8 nitrogen and oxygen atoms in total. The summed E-state index contributed by atoms with van der Waals surface area (Å²) < 4.78 is 7.04. The number of aromatic carboxylic acids is 2. The SMILES string of the molecule is CC[n+]1c(C(=O)[O-])c(C)n(C)c1C.Cc1c(C(=O)[O-])[n+](C)c(C)n1C. The molecule has 0 aliphatic rings. The number of nitrogens with zero attached hydrogens (tertiary/aromatic N) is 4. The van der Waals surface area contributed by atoms with Gasteiger partial charge in [-0.25, -0.2) is 18.3 Å². The largest absolute Gasteiger partial charge is 0.541 e. The smallest absolute Gasteiger partial charge is 0.253 e. The fourth-order valence-electron chi connectivity index (χ4n) is 2.90. The van der Waals surface area contributed by atoms with Crippen molar-refractivity contribution in [1.82, 2.24) is 9.13 Å². The molecule has 2 rings (SSSR count). The average Bonchev–Trinajstić information content (AvgIpc) is 2.87. The van der Waals surface area contributed by atoms with Gasteiger partial charge in [0.15, 0.2) is 11.4 Å². The Kier molecular flexibility index (Phi) is 6.12. The zero-order valence-corrected chi connectivity index (χ0v) is 16.1. The molecule has 0 atom stereocenters. The van der Waals surface area contributed by atoms with Crippen molar-refractivity contribution >= 4 is 11.9 Å². The van der Waals surface area contributed by atoms with E-state index in [2.05, 4.69) is 0 Å². The molecule has 138 valence electrons. The standard InChI is InChI=1S/C9H14N2O2.C8H12N2O2/c1-5-11-7(3)10(4)6(2)8(11)9(12)13;1-5-7(8(11)12)10(4)6(2)9(5)3/h5H2,1-4H3;1-4H3. The molecule has 2 aromatic rings. The van der Waals surface area contributed by atoms with Crippen molar-refractivity contribution in [3.8, 4) is 0 Å². The number of hydrogen-bond acceptors (Lipinski definition) is 4. The van der Waals surface area contributed by atoms with Gasteiger partial charge >= 0.3 is 0 Å². The van der Waals surface area contributed by atoms with E-state index >= 15 is 0 Å². The third-order valence-electron chi connectivity index (χ3n) is 4.85. The normalized spacial score (nSPS) is 10.4. The average molecular weight is 350 g/mol. The van der Waals surface area contributed by atoms with Gasteiger partial charge in [0.25, 0.3) is 11.6 Å². The van der Waals surface area contributed by atoms with Crippen LogP contribution in [0.15, 0.2) is 0 Å². The lowest BCUT2D eigenvalue weighted by atomic mass is 10.3. The molecule has 0 saturated heterocycles. The van der Waals surface area contributed by atoms with Gasteiger partial charge in [0.05, 0.1) is 27.7 Å². The molecular weight excluding hydrogens is 324 g/mol. The zero-order valence-electron chi connectivity index (χ0n) is 16.1. The summed E-state index contributed by atoms with van der Waals surface area (Å²) in [7, 11) is 5.40. The van der Waals surface area contributed by atoms with Crippen LogP contribution in [0, 0.1) is 27.7 Å². The van der Waals surface area contributed by atoms with Crippen molar-refractivity contribution in [3.63, 3.8) is 0 Å². The van der Waals surface area contributed by atoms with E-state index in [-0.39, 0.29) is 11.4 Å². The van der Waals surface area contributed by atoms with Crippen molar-refractivity contribution in [2.24, 2.45) is 21.1 Å². The van der Waals surface area contributed by atoms with Crippen molar-refractivity contribution < 1.29 is 28.9 Å². The maximum absolute atomic E-state index is 10.8. The van der Waals surface area contributed by atoms with Crippen LogP contribution in [0.4, 0.5) is 0 Å². The van der Waals surface area contributed by atoms with Crippen LogP contribution < -0.4 is 19.3 Å². The Bertz CT molecular complexity index is 805. The van der Waals surface area contributed by atoms with E-state index in [0.717, 1.165) is 23.0 Å². The minimum absolute atomic E-state index is 0.245. The lowest BCUT2D eigenvalue weighted by molar-refractivity contribution is -0.703. The van der Waals surface area contributed by atoms with Crippen LogP contribution in [0.25, 0.3) is 0 Å². The van der Waals surface area contributed by atoms with Gasteiger partial charge in [-0.1, -0.05) is 0 Å². The summed E-state index contributed by atoms with van der Waals surface area (Å²) in [6.45, 7) is 9.86. The Hall–Kier alpha value is -2.64. The molecule has 25 heavy (non-hydrogen) atoms.